The van der Waals surface area contributed by atoms with Gasteiger partial charge in [0.1, 0.15) is 11.4 Å². The van der Waals surface area contributed by atoms with Gasteiger partial charge in [-0.2, -0.15) is 0 Å². The number of sulfonamides is 2. The molecule has 0 amide bonds. The molecular formula is C46H38Cl4N6O6S2. The van der Waals surface area contributed by atoms with Crippen LogP contribution in [0.2, 0.25) is 20.1 Å². The summed E-state index contributed by atoms with van der Waals surface area (Å²) < 4.78 is 57.5. The minimum absolute atomic E-state index is 0.00182. The average molecular weight is 977 g/mol. The molecule has 0 unspecified atom stereocenters. The largest absolute Gasteiger partial charge is 0.287 e. The number of carbonyl (C=O) groups is 2. The molecule has 328 valence electrons. The molecule has 0 saturated heterocycles. The Morgan fingerprint density at radius 2 is 1.08 bits per heavy atom. The smallest absolute Gasteiger partial charge is 0.261 e. The molecule has 4 aromatic heterocycles. The van der Waals surface area contributed by atoms with Gasteiger partial charge in [0.15, 0.2) is 0 Å². The summed E-state index contributed by atoms with van der Waals surface area (Å²) in [6, 6.07) is 14.9. The van der Waals surface area contributed by atoms with Crippen molar-refractivity contribution in [2.75, 3.05) is 9.44 Å². The lowest BCUT2D eigenvalue weighted by Crippen LogP contribution is -2.19. The topological polar surface area (TPSA) is 178 Å². The zero-order valence-corrected chi connectivity index (χ0v) is 39.2. The van der Waals surface area contributed by atoms with E-state index in [9.17, 15) is 26.4 Å². The molecule has 64 heavy (non-hydrogen) atoms. The number of anilines is 2. The van der Waals surface area contributed by atoms with Crippen molar-refractivity contribution in [3.63, 3.8) is 0 Å². The fraction of sp³-hybridized carbons (Fsp3) is 0.174. The maximum atomic E-state index is 13.4. The molecular weight excluding hydrogens is 938 g/mol. The van der Waals surface area contributed by atoms with Gasteiger partial charge in [0.2, 0.25) is 11.6 Å². The van der Waals surface area contributed by atoms with Gasteiger partial charge in [-0.15, -0.1) is 0 Å². The number of carbonyl (C=O) groups excluding carboxylic acids is 2. The molecule has 0 bridgehead atoms. The van der Waals surface area contributed by atoms with Crippen molar-refractivity contribution in [2.45, 2.75) is 62.2 Å². The van der Waals surface area contributed by atoms with Gasteiger partial charge >= 0.3 is 0 Å². The second-order valence-corrected chi connectivity index (χ2v) is 20.7. The van der Waals surface area contributed by atoms with Gasteiger partial charge in [0.05, 0.1) is 42.6 Å². The number of allylic oxidation sites excluding steroid dienone is 2. The van der Waals surface area contributed by atoms with Crippen LogP contribution in [0, 0.1) is 0 Å². The number of fused-ring (bicyclic) bond motifs is 2. The third-order valence-electron chi connectivity index (χ3n) is 10.2. The van der Waals surface area contributed by atoms with Crippen LogP contribution in [0.4, 0.5) is 11.4 Å². The van der Waals surface area contributed by atoms with E-state index in [0.29, 0.717) is 62.7 Å². The van der Waals surface area contributed by atoms with Gasteiger partial charge in [-0.3, -0.25) is 29.0 Å². The molecule has 0 spiro atoms. The number of halogens is 4. The van der Waals surface area contributed by atoms with Crippen LogP contribution in [-0.2, 0) is 44.7 Å². The van der Waals surface area contributed by atoms with E-state index in [1.807, 2.05) is 52.0 Å². The van der Waals surface area contributed by atoms with Gasteiger partial charge in [-0.25, -0.2) is 26.8 Å². The van der Waals surface area contributed by atoms with Crippen molar-refractivity contribution in [1.29, 1.82) is 0 Å². The Kier molecular flexibility index (Phi) is 13.5. The minimum atomic E-state index is -4.07. The Balaban J connectivity index is 0.000000192. The molecule has 0 saturated carbocycles. The fourth-order valence-electron chi connectivity index (χ4n) is 7.00. The van der Waals surface area contributed by atoms with E-state index in [1.54, 1.807) is 30.6 Å². The van der Waals surface area contributed by atoms with Crippen molar-refractivity contribution < 1.29 is 26.4 Å². The maximum absolute atomic E-state index is 13.4. The molecule has 0 radical (unpaired) electrons. The van der Waals surface area contributed by atoms with Crippen LogP contribution in [0.5, 0.6) is 0 Å². The van der Waals surface area contributed by atoms with E-state index in [4.69, 9.17) is 46.4 Å². The predicted molar refractivity (Wildman–Crippen MR) is 252 cm³/mol. The summed E-state index contributed by atoms with van der Waals surface area (Å²) in [7, 11) is -8.08. The lowest BCUT2D eigenvalue weighted by molar-refractivity contribution is 0.102. The molecule has 0 atom stereocenters. The molecule has 4 heterocycles. The number of nitrogens with one attached hydrogen (secondary N) is 2. The zero-order valence-electron chi connectivity index (χ0n) is 34.6. The number of rotatable bonds is 11. The molecule has 2 aliphatic carbocycles. The summed E-state index contributed by atoms with van der Waals surface area (Å²) in [6.07, 6.45) is 15.1. The maximum Gasteiger partial charge on any atom is 0.261 e. The van der Waals surface area contributed by atoms with Crippen LogP contribution in [0.15, 0.2) is 107 Å². The highest BCUT2D eigenvalue weighted by Crippen LogP contribution is 2.34. The van der Waals surface area contributed by atoms with Crippen LogP contribution < -0.4 is 9.44 Å². The number of ketones is 2. The van der Waals surface area contributed by atoms with Crippen LogP contribution in [0.25, 0.3) is 12.2 Å². The first-order chi connectivity index (χ1) is 30.3. The minimum Gasteiger partial charge on any atom is -0.287 e. The molecule has 2 aliphatic rings. The van der Waals surface area contributed by atoms with Crippen LogP contribution >= 0.6 is 46.4 Å². The molecule has 8 rings (SSSR count). The van der Waals surface area contributed by atoms with E-state index in [-0.39, 0.29) is 48.0 Å². The Morgan fingerprint density at radius 1 is 0.625 bits per heavy atom. The number of benzene rings is 2. The quantitative estimate of drug-likeness (QED) is 0.119. The second kappa shape index (κ2) is 18.6. The third kappa shape index (κ3) is 9.92. The van der Waals surface area contributed by atoms with Crippen molar-refractivity contribution in [1.82, 2.24) is 19.9 Å². The third-order valence-corrected chi connectivity index (χ3v) is 14.1. The van der Waals surface area contributed by atoms with Gasteiger partial charge in [-0.05, 0) is 83.6 Å². The molecule has 12 nitrogen and oxygen atoms in total. The van der Waals surface area contributed by atoms with E-state index in [0.717, 1.165) is 11.4 Å². The first-order valence-corrected chi connectivity index (χ1v) is 24.1. The van der Waals surface area contributed by atoms with Crippen molar-refractivity contribution >= 4 is 102 Å². The van der Waals surface area contributed by atoms with Crippen molar-refractivity contribution in [3.05, 3.63) is 174 Å². The number of hydrogen-bond acceptors (Lipinski definition) is 10. The Hall–Kier alpha value is -5.48. The average Bonchev–Trinajstić information content (AvgIpc) is 3.94. The lowest BCUT2D eigenvalue weighted by atomic mass is 9.87. The first-order valence-electron chi connectivity index (χ1n) is 19.6. The normalized spacial score (nSPS) is 12.9. The van der Waals surface area contributed by atoms with Gasteiger partial charge in [0, 0.05) is 69.9 Å². The summed E-state index contributed by atoms with van der Waals surface area (Å²) >= 11 is 24.6. The number of nitrogens with zero attached hydrogens (tertiary/aromatic N) is 4. The molecule has 18 heteroatoms. The van der Waals surface area contributed by atoms with Gasteiger partial charge in [-0.1, -0.05) is 98.4 Å². The highest BCUT2D eigenvalue weighted by molar-refractivity contribution is 7.93. The molecule has 2 aromatic carbocycles. The van der Waals surface area contributed by atoms with Crippen LogP contribution in [0.3, 0.4) is 0 Å². The predicted octanol–water partition coefficient (Wildman–Crippen LogP) is 10.6. The summed E-state index contributed by atoms with van der Waals surface area (Å²) in [4.78, 5) is 43.6. The van der Waals surface area contributed by atoms with E-state index >= 15 is 0 Å². The summed E-state index contributed by atoms with van der Waals surface area (Å²) in [5.74, 6) is -0.856. The Bertz CT molecular complexity index is 3170. The lowest BCUT2D eigenvalue weighted by Gasteiger charge is -2.21. The number of pyridine rings is 4. The van der Waals surface area contributed by atoms with Crippen LogP contribution in [-0.4, -0.2) is 48.3 Å². The van der Waals surface area contributed by atoms with Crippen LogP contribution in [0.1, 0.15) is 93.4 Å². The molecule has 2 N–H and O–H groups in total. The number of aryl methyl sites for hydroxylation is 1. The summed E-state index contributed by atoms with van der Waals surface area (Å²) in [5.41, 5.74) is 4.69. The summed E-state index contributed by atoms with van der Waals surface area (Å²) in [5, 5.41) is 1.35. The van der Waals surface area contributed by atoms with Crippen molar-refractivity contribution in [3.8, 4) is 0 Å². The summed E-state index contributed by atoms with van der Waals surface area (Å²) in [6.45, 7) is 7.70. The molecule has 6 aromatic rings. The number of hydrogen-bond donors (Lipinski definition) is 2. The van der Waals surface area contributed by atoms with Gasteiger partial charge < -0.3 is 0 Å². The monoisotopic (exact) mass is 974 g/mol. The molecule has 0 aliphatic heterocycles. The Morgan fingerprint density at radius 3 is 1.53 bits per heavy atom. The molecule has 0 fully saturated rings. The van der Waals surface area contributed by atoms with E-state index in [1.165, 1.54) is 54.9 Å². The number of aromatic nitrogens is 4. The fourth-order valence-corrected chi connectivity index (χ4v) is 10.2. The van der Waals surface area contributed by atoms with E-state index < -0.39 is 31.6 Å². The van der Waals surface area contributed by atoms with E-state index in [2.05, 4.69) is 29.4 Å². The zero-order chi connectivity index (χ0) is 46.1. The second-order valence-electron chi connectivity index (χ2n) is 15.6. The SMILES string of the molecule is CC(C)(C)c1cc(S(=O)(=O)Nc2cc(Cl)cnc2C(=O)c2ccnc3c2C=CC3)ccc1Cl.CCc1cc(S(=O)(=O)Nc2cc(Cl)cnc2C(=O)c2ccnc3c2C=CC3)ccc1Cl. The Labute approximate surface area is 390 Å². The highest BCUT2D eigenvalue weighted by atomic mass is 35.5. The first kappa shape index (κ1) is 46.5. The highest BCUT2D eigenvalue weighted by Gasteiger charge is 2.28. The van der Waals surface area contributed by atoms with Crippen molar-refractivity contribution in [2.24, 2.45) is 0 Å². The van der Waals surface area contributed by atoms with Gasteiger partial charge in [0.25, 0.3) is 20.0 Å². The standard InChI is InChI=1S/C24H21Cl2N3O3S.C22H17Cl2N3O3S/c1-24(2,3)18-12-15(7-8-19(18)26)33(31,32)29-21-11-14(25)13-28-22(21)23(30)17-9-10-27-20-6-4-5-16(17)20;1-2-13-10-15(6-7-18(13)24)31(29,30)27-20-11-14(23)12-26-21(20)22(28)17-8-9-25-19-5-3-4-16(17)19/h4-5,7-13,29H,6H2,1-3H3;3-4,6-12,27H,2,5H2,1H3.